The van der Waals surface area contributed by atoms with Crippen LogP contribution in [-0.2, 0) is 0 Å². The molecule has 0 bridgehead atoms. The molecule has 1 unspecified atom stereocenters. The van der Waals surface area contributed by atoms with E-state index in [0.29, 0.717) is 5.92 Å². The van der Waals surface area contributed by atoms with Crippen LogP contribution in [0, 0.1) is 5.92 Å². The Morgan fingerprint density at radius 1 is 1.54 bits per heavy atom. The molecule has 0 saturated heterocycles. The number of hydrogen-bond acceptors (Lipinski definition) is 2. The summed E-state index contributed by atoms with van der Waals surface area (Å²) in [6.45, 7) is 2.31. The Bertz CT molecular complexity index is 265. The van der Waals surface area contributed by atoms with Crippen molar-refractivity contribution in [1.29, 1.82) is 0 Å². The molecule has 0 fully saturated rings. The number of rotatable bonds is 4. The lowest BCUT2D eigenvalue weighted by Crippen LogP contribution is -2.02. The molecule has 1 aromatic rings. The van der Waals surface area contributed by atoms with Crippen molar-refractivity contribution in [3.05, 3.63) is 28.7 Å². The van der Waals surface area contributed by atoms with Crippen LogP contribution in [-0.4, -0.2) is 17.5 Å². The molecule has 0 amide bonds. The van der Waals surface area contributed by atoms with Crippen LogP contribution in [0.25, 0.3) is 0 Å². The molecule has 0 spiro atoms. The lowest BCUT2D eigenvalue weighted by atomic mass is 10.2. The normalized spacial score (nSPS) is 12.8. The fourth-order valence-electron chi connectivity index (χ4n) is 0.848. The first-order valence-electron chi connectivity index (χ1n) is 4.21. The lowest BCUT2D eigenvalue weighted by Gasteiger charge is -2.06. The van der Waals surface area contributed by atoms with Gasteiger partial charge in [0.2, 0.25) is 0 Å². The van der Waals surface area contributed by atoms with E-state index >= 15 is 0 Å². The summed E-state index contributed by atoms with van der Waals surface area (Å²) in [5, 5.41) is 8.84. The fourth-order valence-corrected chi connectivity index (χ4v) is 2.37. The molecule has 0 aliphatic rings. The Kier molecular flexibility index (Phi) is 4.84. The SMILES string of the molecule is CC(CO)CSc1cccc(Br)c1. The Morgan fingerprint density at radius 3 is 2.92 bits per heavy atom. The largest absolute Gasteiger partial charge is 0.396 e. The van der Waals surface area contributed by atoms with E-state index in [2.05, 4.69) is 28.1 Å². The van der Waals surface area contributed by atoms with Gasteiger partial charge < -0.3 is 5.11 Å². The van der Waals surface area contributed by atoms with Crippen molar-refractivity contribution in [1.82, 2.24) is 0 Å². The molecule has 0 aromatic heterocycles. The quantitative estimate of drug-likeness (QED) is 0.840. The summed E-state index contributed by atoms with van der Waals surface area (Å²) in [5.74, 6) is 1.33. The Hall–Kier alpha value is 0.01000. The predicted molar refractivity (Wildman–Crippen MR) is 61.1 cm³/mol. The molecule has 0 saturated carbocycles. The monoisotopic (exact) mass is 260 g/mol. The Morgan fingerprint density at radius 2 is 2.31 bits per heavy atom. The van der Waals surface area contributed by atoms with Gasteiger partial charge in [0.1, 0.15) is 0 Å². The van der Waals surface area contributed by atoms with Crippen LogP contribution in [0.15, 0.2) is 33.6 Å². The average molecular weight is 261 g/mol. The third-order valence-corrected chi connectivity index (χ3v) is 3.46. The number of hydrogen-bond donors (Lipinski definition) is 1. The molecule has 1 rings (SSSR count). The van der Waals surface area contributed by atoms with Gasteiger partial charge in [-0.3, -0.25) is 0 Å². The molecular weight excluding hydrogens is 248 g/mol. The van der Waals surface area contributed by atoms with Crippen molar-refractivity contribution >= 4 is 27.7 Å². The van der Waals surface area contributed by atoms with E-state index < -0.39 is 0 Å². The summed E-state index contributed by atoms with van der Waals surface area (Å²) < 4.78 is 1.11. The van der Waals surface area contributed by atoms with Crippen LogP contribution in [0.4, 0.5) is 0 Å². The van der Waals surface area contributed by atoms with Gasteiger partial charge in [-0.2, -0.15) is 0 Å². The first-order chi connectivity index (χ1) is 6.22. The molecule has 1 aromatic carbocycles. The van der Waals surface area contributed by atoms with E-state index in [9.17, 15) is 0 Å². The van der Waals surface area contributed by atoms with Crippen LogP contribution in [0.5, 0.6) is 0 Å². The molecule has 0 radical (unpaired) electrons. The number of aliphatic hydroxyl groups is 1. The van der Waals surface area contributed by atoms with Crippen LogP contribution in [0.1, 0.15) is 6.92 Å². The number of halogens is 1. The van der Waals surface area contributed by atoms with E-state index in [-0.39, 0.29) is 6.61 Å². The first kappa shape index (κ1) is 11.1. The van der Waals surface area contributed by atoms with E-state index in [4.69, 9.17) is 5.11 Å². The van der Waals surface area contributed by atoms with Crippen molar-refractivity contribution in [3.8, 4) is 0 Å². The number of thioether (sulfide) groups is 1. The molecule has 1 atom stereocenters. The van der Waals surface area contributed by atoms with Crippen molar-refractivity contribution in [2.24, 2.45) is 5.92 Å². The topological polar surface area (TPSA) is 20.2 Å². The second kappa shape index (κ2) is 5.68. The molecule has 72 valence electrons. The van der Waals surface area contributed by atoms with Gasteiger partial charge in [-0.25, -0.2) is 0 Å². The van der Waals surface area contributed by atoms with Gasteiger partial charge in [0.15, 0.2) is 0 Å². The van der Waals surface area contributed by atoms with E-state index in [1.165, 1.54) is 4.90 Å². The van der Waals surface area contributed by atoms with Crippen molar-refractivity contribution in [3.63, 3.8) is 0 Å². The Balaban J connectivity index is 2.45. The van der Waals surface area contributed by atoms with Crippen LogP contribution in [0.3, 0.4) is 0 Å². The molecule has 1 N–H and O–H groups in total. The average Bonchev–Trinajstić information content (AvgIpc) is 2.14. The van der Waals surface area contributed by atoms with Gasteiger partial charge in [-0.15, -0.1) is 11.8 Å². The molecule has 13 heavy (non-hydrogen) atoms. The third kappa shape index (κ3) is 4.16. The molecule has 1 nitrogen and oxygen atoms in total. The maximum Gasteiger partial charge on any atom is 0.0464 e. The number of benzene rings is 1. The third-order valence-electron chi connectivity index (χ3n) is 1.64. The summed E-state index contributed by atoms with van der Waals surface area (Å²) >= 11 is 5.20. The highest BCUT2D eigenvalue weighted by molar-refractivity contribution is 9.10. The van der Waals surface area contributed by atoms with E-state index in [1.807, 2.05) is 19.1 Å². The van der Waals surface area contributed by atoms with Crippen LogP contribution < -0.4 is 0 Å². The Labute approximate surface area is 91.7 Å². The zero-order valence-electron chi connectivity index (χ0n) is 7.53. The van der Waals surface area contributed by atoms with E-state index in [0.717, 1.165) is 10.2 Å². The minimum atomic E-state index is 0.265. The van der Waals surface area contributed by atoms with Gasteiger partial charge in [0.25, 0.3) is 0 Å². The van der Waals surface area contributed by atoms with Crippen LogP contribution >= 0.6 is 27.7 Å². The zero-order chi connectivity index (χ0) is 9.68. The maximum absolute atomic E-state index is 8.84. The van der Waals surface area contributed by atoms with Crippen LogP contribution in [0.2, 0.25) is 0 Å². The van der Waals surface area contributed by atoms with Crippen molar-refractivity contribution in [2.75, 3.05) is 12.4 Å². The minimum Gasteiger partial charge on any atom is -0.396 e. The number of aliphatic hydroxyl groups excluding tert-OH is 1. The molecule has 0 aliphatic heterocycles. The van der Waals surface area contributed by atoms with Crippen molar-refractivity contribution in [2.45, 2.75) is 11.8 Å². The van der Waals surface area contributed by atoms with Gasteiger partial charge >= 0.3 is 0 Å². The lowest BCUT2D eigenvalue weighted by molar-refractivity contribution is 0.250. The maximum atomic E-state index is 8.84. The molecule has 0 heterocycles. The molecular formula is C10H13BrOS. The highest BCUT2D eigenvalue weighted by atomic mass is 79.9. The standard InChI is InChI=1S/C10H13BrOS/c1-8(6-12)7-13-10-4-2-3-9(11)5-10/h2-5,8,12H,6-7H2,1H3. The summed E-state index contributed by atoms with van der Waals surface area (Å²) in [6.07, 6.45) is 0. The molecule has 0 aliphatic carbocycles. The second-order valence-electron chi connectivity index (χ2n) is 3.06. The summed E-state index contributed by atoms with van der Waals surface area (Å²) in [6, 6.07) is 8.21. The highest BCUT2D eigenvalue weighted by Crippen LogP contribution is 2.23. The summed E-state index contributed by atoms with van der Waals surface area (Å²) in [7, 11) is 0. The summed E-state index contributed by atoms with van der Waals surface area (Å²) in [5.41, 5.74) is 0. The smallest absolute Gasteiger partial charge is 0.0464 e. The second-order valence-corrected chi connectivity index (χ2v) is 5.07. The highest BCUT2D eigenvalue weighted by Gasteiger charge is 2.01. The molecule has 3 heteroatoms. The van der Waals surface area contributed by atoms with Gasteiger partial charge in [0, 0.05) is 21.7 Å². The van der Waals surface area contributed by atoms with Gasteiger partial charge in [-0.05, 0) is 24.1 Å². The zero-order valence-corrected chi connectivity index (χ0v) is 9.94. The van der Waals surface area contributed by atoms with E-state index in [1.54, 1.807) is 11.8 Å². The van der Waals surface area contributed by atoms with Gasteiger partial charge in [0.05, 0.1) is 0 Å². The van der Waals surface area contributed by atoms with Gasteiger partial charge in [-0.1, -0.05) is 28.9 Å². The minimum absolute atomic E-state index is 0.265. The predicted octanol–water partition coefficient (Wildman–Crippen LogP) is 3.17. The fraction of sp³-hybridized carbons (Fsp3) is 0.400. The van der Waals surface area contributed by atoms with Crippen molar-refractivity contribution < 1.29 is 5.11 Å². The first-order valence-corrected chi connectivity index (χ1v) is 5.99. The summed E-state index contributed by atoms with van der Waals surface area (Å²) in [4.78, 5) is 1.25.